The molecule has 0 bridgehead atoms. The molecule has 0 aliphatic carbocycles. The highest BCUT2D eigenvalue weighted by molar-refractivity contribution is 5.33. The number of hydrogen-bond acceptors (Lipinski definition) is 3. The molecule has 0 aromatic heterocycles. The number of carbonyl (C=O) groups excluding carboxylic acids is 1. The van der Waals surface area contributed by atoms with Crippen LogP contribution in [-0.2, 0) is 11.3 Å². The van der Waals surface area contributed by atoms with E-state index in [0.717, 1.165) is 32.5 Å². The molecule has 0 atom stereocenters. The first kappa shape index (κ1) is 11.1. The molecule has 1 aromatic carbocycles. The first-order chi connectivity index (χ1) is 7.88. The molecule has 0 radical (unpaired) electrons. The molecule has 1 heterocycles. The first-order valence-electron chi connectivity index (χ1n) is 5.72. The largest absolute Gasteiger partial charge is 0.299 e. The number of hydrogen-bond donors (Lipinski definition) is 0. The lowest BCUT2D eigenvalue weighted by Gasteiger charge is -2.29. The Morgan fingerprint density at radius 1 is 1.25 bits per heavy atom. The molecular formula is C13H16N2O. The normalized spacial score (nSPS) is 18.0. The van der Waals surface area contributed by atoms with E-state index in [1.54, 1.807) is 6.08 Å². The average Bonchev–Trinajstić information content (AvgIpc) is 2.33. The van der Waals surface area contributed by atoms with Crippen molar-refractivity contribution in [1.82, 2.24) is 4.90 Å². The zero-order chi connectivity index (χ0) is 11.2. The minimum absolute atomic E-state index is 0.199. The van der Waals surface area contributed by atoms with Crippen molar-refractivity contribution < 1.29 is 4.79 Å². The van der Waals surface area contributed by atoms with Gasteiger partial charge in [-0.3, -0.25) is 4.90 Å². The van der Waals surface area contributed by atoms with Crippen molar-refractivity contribution >= 4 is 6.08 Å². The highest BCUT2D eigenvalue weighted by atomic mass is 16.1. The second kappa shape index (κ2) is 5.59. The van der Waals surface area contributed by atoms with Gasteiger partial charge in [-0.1, -0.05) is 30.3 Å². The summed E-state index contributed by atoms with van der Waals surface area (Å²) in [6.07, 6.45) is 3.61. The van der Waals surface area contributed by atoms with Crippen LogP contribution < -0.4 is 0 Å². The number of rotatable bonds is 3. The van der Waals surface area contributed by atoms with Gasteiger partial charge in [0.2, 0.25) is 6.08 Å². The van der Waals surface area contributed by atoms with Crippen molar-refractivity contribution in [2.75, 3.05) is 13.1 Å². The molecule has 16 heavy (non-hydrogen) atoms. The molecule has 0 saturated carbocycles. The Morgan fingerprint density at radius 2 is 1.94 bits per heavy atom. The fraction of sp³-hybridized carbons (Fsp3) is 0.462. The van der Waals surface area contributed by atoms with E-state index in [2.05, 4.69) is 34.2 Å². The zero-order valence-electron chi connectivity index (χ0n) is 9.30. The summed E-state index contributed by atoms with van der Waals surface area (Å²) in [4.78, 5) is 16.3. The van der Waals surface area contributed by atoms with Crippen LogP contribution in [0.1, 0.15) is 18.4 Å². The fourth-order valence-electron chi connectivity index (χ4n) is 2.12. The van der Waals surface area contributed by atoms with Crippen LogP contribution >= 0.6 is 0 Å². The van der Waals surface area contributed by atoms with E-state index in [1.165, 1.54) is 5.56 Å². The van der Waals surface area contributed by atoms with Gasteiger partial charge in [0.15, 0.2) is 0 Å². The number of piperidine rings is 1. The molecule has 84 valence electrons. The third-order valence-electron chi connectivity index (χ3n) is 3.04. The van der Waals surface area contributed by atoms with Crippen LogP contribution in [0.5, 0.6) is 0 Å². The molecule has 1 aliphatic rings. The van der Waals surface area contributed by atoms with Gasteiger partial charge >= 0.3 is 0 Å². The Bertz CT molecular complexity index is 363. The first-order valence-corrected chi connectivity index (χ1v) is 5.72. The standard InChI is InChI=1S/C13H16N2O/c16-11-14-13-6-8-15(9-7-13)10-12-4-2-1-3-5-12/h1-5,13H,6-10H2. The molecule has 2 rings (SSSR count). The summed E-state index contributed by atoms with van der Waals surface area (Å²) in [6, 6.07) is 10.7. The van der Waals surface area contributed by atoms with Gasteiger partial charge < -0.3 is 0 Å². The lowest BCUT2D eigenvalue weighted by atomic mass is 10.1. The highest BCUT2D eigenvalue weighted by Gasteiger charge is 2.18. The van der Waals surface area contributed by atoms with Crippen LogP contribution in [0.3, 0.4) is 0 Å². The Labute approximate surface area is 95.8 Å². The molecule has 0 unspecified atom stereocenters. The second-order valence-corrected chi connectivity index (χ2v) is 4.21. The topological polar surface area (TPSA) is 32.7 Å². The molecule has 1 fully saturated rings. The predicted octanol–water partition coefficient (Wildman–Crippen LogP) is 1.99. The SMILES string of the molecule is O=C=NC1CCN(Cc2ccccc2)CC1. The lowest BCUT2D eigenvalue weighted by molar-refractivity contribution is 0.206. The summed E-state index contributed by atoms with van der Waals surface area (Å²) < 4.78 is 0. The number of aliphatic imine (C=N–C) groups is 1. The van der Waals surface area contributed by atoms with Crippen LogP contribution in [0.15, 0.2) is 35.3 Å². The summed E-state index contributed by atoms with van der Waals surface area (Å²) in [5.41, 5.74) is 1.35. The third kappa shape index (κ3) is 3.02. The number of benzene rings is 1. The Kier molecular flexibility index (Phi) is 3.86. The van der Waals surface area contributed by atoms with Crippen molar-refractivity contribution in [1.29, 1.82) is 0 Å². The van der Waals surface area contributed by atoms with Gasteiger partial charge in [-0.2, -0.15) is 0 Å². The molecule has 3 nitrogen and oxygen atoms in total. The second-order valence-electron chi connectivity index (χ2n) is 4.21. The quantitative estimate of drug-likeness (QED) is 0.571. The zero-order valence-corrected chi connectivity index (χ0v) is 9.30. The van der Waals surface area contributed by atoms with Gasteiger partial charge in [0.05, 0.1) is 6.04 Å². The molecular weight excluding hydrogens is 200 g/mol. The third-order valence-corrected chi connectivity index (χ3v) is 3.04. The maximum Gasteiger partial charge on any atom is 0.235 e. The van der Waals surface area contributed by atoms with Crippen LogP contribution in [0, 0.1) is 0 Å². The monoisotopic (exact) mass is 216 g/mol. The number of nitrogens with zero attached hydrogens (tertiary/aromatic N) is 2. The lowest BCUT2D eigenvalue weighted by Crippen LogP contribution is -2.34. The molecule has 1 saturated heterocycles. The summed E-state index contributed by atoms with van der Waals surface area (Å²) in [5, 5.41) is 0. The van der Waals surface area contributed by atoms with Gasteiger partial charge in [-0.15, -0.1) is 0 Å². The van der Waals surface area contributed by atoms with E-state index in [1.807, 2.05) is 6.07 Å². The minimum Gasteiger partial charge on any atom is -0.299 e. The van der Waals surface area contributed by atoms with Crippen molar-refractivity contribution in [2.24, 2.45) is 4.99 Å². The Balaban J connectivity index is 1.84. The Hall–Kier alpha value is -1.44. The van der Waals surface area contributed by atoms with Gasteiger partial charge in [0.25, 0.3) is 0 Å². The van der Waals surface area contributed by atoms with Crippen molar-refractivity contribution in [3.8, 4) is 0 Å². The summed E-state index contributed by atoms with van der Waals surface area (Å²) >= 11 is 0. The van der Waals surface area contributed by atoms with Crippen molar-refractivity contribution in [2.45, 2.75) is 25.4 Å². The van der Waals surface area contributed by atoms with E-state index in [4.69, 9.17) is 0 Å². The molecule has 0 N–H and O–H groups in total. The van der Waals surface area contributed by atoms with Gasteiger partial charge in [0.1, 0.15) is 0 Å². The van der Waals surface area contributed by atoms with Crippen molar-refractivity contribution in [3.63, 3.8) is 0 Å². The molecule has 1 aromatic rings. The highest BCUT2D eigenvalue weighted by Crippen LogP contribution is 2.15. The maximum atomic E-state index is 10.1. The molecule has 3 heteroatoms. The number of likely N-dealkylation sites (tertiary alicyclic amines) is 1. The molecule has 0 amide bonds. The van der Waals surface area contributed by atoms with Gasteiger partial charge in [0, 0.05) is 19.6 Å². The smallest absolute Gasteiger partial charge is 0.235 e. The molecule has 0 spiro atoms. The van der Waals surface area contributed by atoms with Crippen LogP contribution in [-0.4, -0.2) is 30.1 Å². The van der Waals surface area contributed by atoms with Gasteiger partial charge in [-0.25, -0.2) is 9.79 Å². The van der Waals surface area contributed by atoms with Crippen LogP contribution in [0.25, 0.3) is 0 Å². The predicted molar refractivity (Wildman–Crippen MR) is 62.9 cm³/mol. The van der Waals surface area contributed by atoms with Crippen LogP contribution in [0.4, 0.5) is 0 Å². The van der Waals surface area contributed by atoms with E-state index in [9.17, 15) is 4.79 Å². The minimum atomic E-state index is 0.199. The summed E-state index contributed by atoms with van der Waals surface area (Å²) in [5.74, 6) is 0. The average molecular weight is 216 g/mol. The molecule has 1 aliphatic heterocycles. The summed E-state index contributed by atoms with van der Waals surface area (Å²) in [7, 11) is 0. The number of isocyanates is 1. The van der Waals surface area contributed by atoms with E-state index in [0.29, 0.717) is 0 Å². The summed E-state index contributed by atoms with van der Waals surface area (Å²) in [6.45, 7) is 3.04. The van der Waals surface area contributed by atoms with Crippen LogP contribution in [0.2, 0.25) is 0 Å². The maximum absolute atomic E-state index is 10.1. The van der Waals surface area contributed by atoms with E-state index in [-0.39, 0.29) is 6.04 Å². The van der Waals surface area contributed by atoms with Gasteiger partial charge in [-0.05, 0) is 18.4 Å². The van der Waals surface area contributed by atoms with E-state index < -0.39 is 0 Å². The fourth-order valence-corrected chi connectivity index (χ4v) is 2.12. The van der Waals surface area contributed by atoms with E-state index >= 15 is 0 Å². The Morgan fingerprint density at radius 3 is 2.56 bits per heavy atom. The van der Waals surface area contributed by atoms with Crippen molar-refractivity contribution in [3.05, 3.63) is 35.9 Å².